The fraction of sp³-hybridized carbons (Fsp3) is 0.444. The molecule has 1 heterocycles. The number of hydrogen-bond donors (Lipinski definition) is 2. The zero-order valence-corrected chi connectivity index (χ0v) is 9.75. The van der Waals surface area contributed by atoms with Crippen molar-refractivity contribution in [3.05, 3.63) is 16.5 Å². The van der Waals surface area contributed by atoms with Crippen LogP contribution < -0.4 is 4.90 Å². The van der Waals surface area contributed by atoms with Gasteiger partial charge < -0.3 is 15.1 Å². The molecular formula is C9H12ClNO3S. The topological polar surface area (TPSA) is 60.8 Å². The van der Waals surface area contributed by atoms with Crippen molar-refractivity contribution >= 4 is 33.9 Å². The van der Waals surface area contributed by atoms with E-state index in [1.807, 2.05) is 6.07 Å². The average Bonchev–Trinajstić information content (AvgIpc) is 2.49. The molecule has 0 saturated carbocycles. The number of likely N-dealkylation sites (N-methyl/N-ethyl adjacent to an activating group) is 1. The molecule has 1 aromatic heterocycles. The second-order valence-electron chi connectivity index (χ2n) is 3.21. The molecule has 0 aliphatic heterocycles. The minimum atomic E-state index is -1.000. The zero-order chi connectivity index (χ0) is 11.4. The Morgan fingerprint density at radius 2 is 2.33 bits per heavy atom. The molecule has 0 bridgehead atoms. The SMILES string of the molecule is CN(CC(O)CC(=O)O)c1ccc(Cl)s1. The quantitative estimate of drug-likeness (QED) is 0.834. The molecule has 1 aromatic rings. The van der Waals surface area contributed by atoms with Crippen LogP contribution in [0.25, 0.3) is 0 Å². The van der Waals surface area contributed by atoms with Gasteiger partial charge in [-0.15, -0.1) is 11.3 Å². The highest BCUT2D eigenvalue weighted by atomic mass is 35.5. The molecule has 1 rings (SSSR count). The molecule has 0 radical (unpaired) electrons. The minimum absolute atomic E-state index is 0.247. The Labute approximate surface area is 96.7 Å². The lowest BCUT2D eigenvalue weighted by molar-refractivity contribution is -0.139. The van der Waals surface area contributed by atoms with Gasteiger partial charge in [0, 0.05) is 13.6 Å². The van der Waals surface area contributed by atoms with Crippen molar-refractivity contribution in [3.63, 3.8) is 0 Å². The van der Waals surface area contributed by atoms with Crippen LogP contribution in [0.3, 0.4) is 0 Å². The summed E-state index contributed by atoms with van der Waals surface area (Å²) in [4.78, 5) is 12.1. The molecule has 84 valence electrons. The number of carboxylic acids is 1. The first-order chi connectivity index (χ1) is 6.99. The van der Waals surface area contributed by atoms with Gasteiger partial charge in [-0.2, -0.15) is 0 Å². The summed E-state index contributed by atoms with van der Waals surface area (Å²) in [5.41, 5.74) is 0. The summed E-state index contributed by atoms with van der Waals surface area (Å²) in [7, 11) is 1.78. The molecule has 0 spiro atoms. The van der Waals surface area contributed by atoms with Gasteiger partial charge in [0.05, 0.1) is 21.9 Å². The fourth-order valence-corrected chi connectivity index (χ4v) is 2.18. The lowest BCUT2D eigenvalue weighted by atomic mass is 10.2. The highest BCUT2D eigenvalue weighted by Gasteiger charge is 2.13. The predicted molar refractivity (Wildman–Crippen MR) is 60.9 cm³/mol. The van der Waals surface area contributed by atoms with Gasteiger partial charge in [-0.3, -0.25) is 4.79 Å². The van der Waals surface area contributed by atoms with Gasteiger partial charge in [0.1, 0.15) is 0 Å². The maximum atomic E-state index is 10.3. The van der Waals surface area contributed by atoms with Gasteiger partial charge in [0.2, 0.25) is 0 Å². The molecule has 0 aliphatic carbocycles. The van der Waals surface area contributed by atoms with E-state index < -0.39 is 12.1 Å². The lowest BCUT2D eigenvalue weighted by Crippen LogP contribution is -2.30. The van der Waals surface area contributed by atoms with Crippen LogP contribution in [0.15, 0.2) is 12.1 Å². The largest absolute Gasteiger partial charge is 0.481 e. The van der Waals surface area contributed by atoms with Crippen molar-refractivity contribution in [2.45, 2.75) is 12.5 Å². The van der Waals surface area contributed by atoms with E-state index in [1.54, 1.807) is 18.0 Å². The van der Waals surface area contributed by atoms with Gasteiger partial charge in [0.15, 0.2) is 0 Å². The standard InChI is InChI=1S/C9H12ClNO3S/c1-11(5-6(12)4-9(13)14)8-3-2-7(10)15-8/h2-3,6,12H,4-5H2,1H3,(H,13,14). The van der Waals surface area contributed by atoms with Gasteiger partial charge >= 0.3 is 5.97 Å². The number of carbonyl (C=O) groups is 1. The molecule has 0 aromatic carbocycles. The number of aliphatic carboxylic acids is 1. The molecular weight excluding hydrogens is 238 g/mol. The third kappa shape index (κ3) is 4.07. The number of aliphatic hydroxyl groups is 1. The van der Waals surface area contributed by atoms with Crippen LogP contribution in [0.2, 0.25) is 4.34 Å². The van der Waals surface area contributed by atoms with Gasteiger partial charge in [-0.05, 0) is 12.1 Å². The molecule has 1 atom stereocenters. The molecule has 2 N–H and O–H groups in total. The molecule has 6 heteroatoms. The smallest absolute Gasteiger partial charge is 0.306 e. The highest BCUT2D eigenvalue weighted by Crippen LogP contribution is 2.28. The Morgan fingerprint density at radius 1 is 1.67 bits per heavy atom. The van der Waals surface area contributed by atoms with Crippen molar-refractivity contribution in [2.75, 3.05) is 18.5 Å². The molecule has 0 fully saturated rings. The molecule has 4 nitrogen and oxygen atoms in total. The van der Waals surface area contributed by atoms with Crippen LogP contribution in [-0.2, 0) is 4.79 Å². The third-order valence-corrected chi connectivity index (χ3v) is 3.18. The first-order valence-electron chi connectivity index (χ1n) is 4.35. The molecule has 0 saturated heterocycles. The van der Waals surface area contributed by atoms with Crippen LogP contribution in [-0.4, -0.2) is 35.9 Å². The molecule has 0 amide bonds. The number of anilines is 1. The number of rotatable bonds is 5. The first-order valence-corrected chi connectivity index (χ1v) is 5.55. The molecule has 0 aliphatic rings. The third-order valence-electron chi connectivity index (χ3n) is 1.83. The Morgan fingerprint density at radius 3 is 2.80 bits per heavy atom. The second-order valence-corrected chi connectivity index (χ2v) is 4.90. The number of carboxylic acid groups (broad SMARTS) is 1. The van der Waals surface area contributed by atoms with E-state index in [2.05, 4.69) is 0 Å². The van der Waals surface area contributed by atoms with E-state index in [-0.39, 0.29) is 13.0 Å². The summed E-state index contributed by atoms with van der Waals surface area (Å²) in [5, 5.41) is 18.8. The number of aliphatic hydroxyl groups excluding tert-OH is 1. The van der Waals surface area contributed by atoms with Crippen molar-refractivity contribution < 1.29 is 15.0 Å². The van der Waals surface area contributed by atoms with Crippen LogP contribution in [0.4, 0.5) is 5.00 Å². The van der Waals surface area contributed by atoms with E-state index in [0.29, 0.717) is 4.34 Å². The Bertz CT molecular complexity index is 342. The summed E-state index contributed by atoms with van der Waals surface area (Å²) in [6.45, 7) is 0.281. The van der Waals surface area contributed by atoms with Crippen LogP contribution in [0.5, 0.6) is 0 Å². The summed E-state index contributed by atoms with van der Waals surface area (Å²) >= 11 is 7.15. The molecule has 15 heavy (non-hydrogen) atoms. The number of thiophene rings is 1. The van der Waals surface area contributed by atoms with Gasteiger partial charge in [-0.1, -0.05) is 11.6 Å². The minimum Gasteiger partial charge on any atom is -0.481 e. The first kappa shape index (κ1) is 12.3. The van der Waals surface area contributed by atoms with E-state index >= 15 is 0 Å². The monoisotopic (exact) mass is 249 g/mol. The van der Waals surface area contributed by atoms with Crippen LogP contribution >= 0.6 is 22.9 Å². The summed E-state index contributed by atoms with van der Waals surface area (Å²) in [6.07, 6.45) is -1.11. The van der Waals surface area contributed by atoms with E-state index in [0.717, 1.165) is 5.00 Å². The van der Waals surface area contributed by atoms with E-state index in [9.17, 15) is 9.90 Å². The van der Waals surface area contributed by atoms with Crippen molar-refractivity contribution in [3.8, 4) is 0 Å². The maximum Gasteiger partial charge on any atom is 0.306 e. The normalized spacial score (nSPS) is 12.5. The predicted octanol–water partition coefficient (Wildman–Crippen LogP) is 1.67. The number of halogens is 1. The van der Waals surface area contributed by atoms with Gasteiger partial charge in [-0.25, -0.2) is 0 Å². The van der Waals surface area contributed by atoms with Crippen molar-refractivity contribution in [1.29, 1.82) is 0 Å². The lowest BCUT2D eigenvalue weighted by Gasteiger charge is -2.19. The number of hydrogen-bond acceptors (Lipinski definition) is 4. The summed E-state index contributed by atoms with van der Waals surface area (Å²) in [6, 6.07) is 3.60. The van der Waals surface area contributed by atoms with E-state index in [1.165, 1.54) is 11.3 Å². The highest BCUT2D eigenvalue weighted by molar-refractivity contribution is 7.19. The van der Waals surface area contributed by atoms with Gasteiger partial charge in [0.25, 0.3) is 0 Å². The summed E-state index contributed by atoms with van der Waals surface area (Å²) < 4.78 is 0.671. The summed E-state index contributed by atoms with van der Waals surface area (Å²) in [5.74, 6) is -1.000. The van der Waals surface area contributed by atoms with Crippen molar-refractivity contribution in [2.24, 2.45) is 0 Å². The fourth-order valence-electron chi connectivity index (χ4n) is 1.18. The van der Waals surface area contributed by atoms with Crippen molar-refractivity contribution in [1.82, 2.24) is 0 Å². The molecule has 1 unspecified atom stereocenters. The Balaban J connectivity index is 2.48. The maximum absolute atomic E-state index is 10.3. The van der Waals surface area contributed by atoms with Crippen LogP contribution in [0.1, 0.15) is 6.42 Å². The Hall–Kier alpha value is -0.780. The van der Waals surface area contributed by atoms with Crippen LogP contribution in [0, 0.1) is 0 Å². The number of nitrogens with zero attached hydrogens (tertiary/aromatic N) is 1. The zero-order valence-electron chi connectivity index (χ0n) is 8.18. The van der Waals surface area contributed by atoms with E-state index in [4.69, 9.17) is 16.7 Å². The second kappa shape index (κ2) is 5.34. The Kier molecular flexibility index (Phi) is 4.38. The average molecular weight is 250 g/mol.